The summed E-state index contributed by atoms with van der Waals surface area (Å²) in [6.45, 7) is 1.67. The van der Waals surface area contributed by atoms with E-state index in [1.54, 1.807) is 0 Å². The van der Waals surface area contributed by atoms with E-state index in [1.165, 1.54) is 0 Å². The maximum atomic E-state index is 11.7. The van der Waals surface area contributed by atoms with E-state index in [1.807, 2.05) is 6.92 Å². The van der Waals surface area contributed by atoms with Gasteiger partial charge in [0.05, 0.1) is 18.4 Å². The second-order valence-corrected chi connectivity index (χ2v) is 6.45. The topological polar surface area (TPSA) is 83.5 Å². The zero-order valence-electron chi connectivity index (χ0n) is 9.48. The van der Waals surface area contributed by atoms with Gasteiger partial charge in [0.15, 0.2) is 9.84 Å². The number of hydrogen-bond acceptors (Lipinski definition) is 4. The minimum absolute atomic E-state index is 0.0982. The zero-order chi connectivity index (χ0) is 12.2. The highest BCUT2D eigenvalue weighted by molar-refractivity contribution is 7.92. The SMILES string of the molecule is CCC(CO)NC(=O)C1CCCCS1(=O)=O. The van der Waals surface area contributed by atoms with Crippen LogP contribution in [0, 0.1) is 0 Å². The Kier molecular flexibility index (Phi) is 4.73. The molecule has 1 amide bonds. The molecule has 1 rings (SSSR count). The molecule has 1 fully saturated rings. The molecule has 0 radical (unpaired) electrons. The molecule has 0 aromatic heterocycles. The third kappa shape index (κ3) is 3.18. The second kappa shape index (κ2) is 5.63. The van der Waals surface area contributed by atoms with Crippen molar-refractivity contribution in [3.8, 4) is 0 Å². The van der Waals surface area contributed by atoms with Crippen LogP contribution in [0.2, 0.25) is 0 Å². The van der Waals surface area contributed by atoms with Crippen LogP contribution in [0.3, 0.4) is 0 Å². The lowest BCUT2D eigenvalue weighted by atomic mass is 10.1. The molecule has 2 atom stereocenters. The lowest BCUT2D eigenvalue weighted by Gasteiger charge is -2.23. The Morgan fingerprint density at radius 3 is 2.69 bits per heavy atom. The molecule has 1 aliphatic rings. The lowest BCUT2D eigenvalue weighted by Crippen LogP contribution is -2.47. The summed E-state index contributed by atoms with van der Waals surface area (Å²) in [7, 11) is -3.28. The molecule has 0 aliphatic carbocycles. The average Bonchev–Trinajstić information content (AvgIpc) is 2.24. The molecule has 6 heteroatoms. The van der Waals surface area contributed by atoms with Crippen LogP contribution in [0.25, 0.3) is 0 Å². The van der Waals surface area contributed by atoms with Crippen LogP contribution in [0.15, 0.2) is 0 Å². The molecule has 1 heterocycles. The second-order valence-electron chi connectivity index (χ2n) is 4.15. The molecule has 2 unspecified atom stereocenters. The summed E-state index contributed by atoms with van der Waals surface area (Å²) < 4.78 is 23.3. The Morgan fingerprint density at radius 2 is 2.19 bits per heavy atom. The van der Waals surface area contributed by atoms with E-state index >= 15 is 0 Å². The molecule has 94 valence electrons. The van der Waals surface area contributed by atoms with Crippen LogP contribution < -0.4 is 5.32 Å². The van der Waals surface area contributed by atoms with E-state index in [4.69, 9.17) is 5.11 Å². The first-order chi connectivity index (χ1) is 7.51. The minimum atomic E-state index is -3.28. The van der Waals surface area contributed by atoms with Gasteiger partial charge < -0.3 is 10.4 Å². The Bertz CT molecular complexity index is 335. The van der Waals surface area contributed by atoms with Crippen molar-refractivity contribution < 1.29 is 18.3 Å². The van der Waals surface area contributed by atoms with Crippen molar-refractivity contribution in [2.24, 2.45) is 0 Å². The molecule has 0 saturated carbocycles. The first kappa shape index (κ1) is 13.4. The predicted molar refractivity (Wildman–Crippen MR) is 60.7 cm³/mol. The molecule has 0 aromatic rings. The van der Waals surface area contributed by atoms with Crippen molar-refractivity contribution in [2.75, 3.05) is 12.4 Å². The third-order valence-corrected chi connectivity index (χ3v) is 5.11. The smallest absolute Gasteiger partial charge is 0.238 e. The quantitative estimate of drug-likeness (QED) is 0.725. The van der Waals surface area contributed by atoms with Crippen LogP contribution in [0.1, 0.15) is 32.6 Å². The molecule has 1 aliphatic heterocycles. The molecular formula is C10H19NO4S. The van der Waals surface area contributed by atoms with Crippen LogP contribution in [-0.4, -0.2) is 43.1 Å². The number of aliphatic hydroxyl groups is 1. The maximum Gasteiger partial charge on any atom is 0.238 e. The van der Waals surface area contributed by atoms with Gasteiger partial charge in [0.1, 0.15) is 5.25 Å². The summed E-state index contributed by atoms with van der Waals surface area (Å²) in [5.41, 5.74) is 0. The van der Waals surface area contributed by atoms with Crippen molar-refractivity contribution in [3.63, 3.8) is 0 Å². The van der Waals surface area contributed by atoms with Crippen molar-refractivity contribution in [2.45, 2.75) is 43.9 Å². The monoisotopic (exact) mass is 249 g/mol. The van der Waals surface area contributed by atoms with Crippen LogP contribution in [0.5, 0.6) is 0 Å². The molecule has 0 aromatic carbocycles. The standard InChI is InChI=1S/C10H19NO4S/c1-2-8(7-12)11-10(13)9-5-3-4-6-16(9,14)15/h8-9,12H,2-7H2,1H3,(H,11,13). The zero-order valence-corrected chi connectivity index (χ0v) is 10.3. The van der Waals surface area contributed by atoms with Crippen LogP contribution >= 0.6 is 0 Å². The summed E-state index contributed by atoms with van der Waals surface area (Å²) in [4.78, 5) is 11.7. The Morgan fingerprint density at radius 1 is 1.50 bits per heavy atom. The number of nitrogens with one attached hydrogen (secondary N) is 1. The van der Waals surface area contributed by atoms with Gasteiger partial charge in [0.2, 0.25) is 5.91 Å². The van der Waals surface area contributed by atoms with Crippen molar-refractivity contribution >= 4 is 15.7 Å². The number of carbonyl (C=O) groups excluding carboxylic acids is 1. The maximum absolute atomic E-state index is 11.7. The van der Waals surface area contributed by atoms with Gasteiger partial charge >= 0.3 is 0 Å². The molecular weight excluding hydrogens is 230 g/mol. The summed E-state index contributed by atoms with van der Waals surface area (Å²) in [5, 5.41) is 10.6. The predicted octanol–water partition coefficient (Wildman–Crippen LogP) is -0.159. The Labute approximate surface area is 96.1 Å². The number of amides is 1. The summed E-state index contributed by atoms with van der Waals surface area (Å²) >= 11 is 0. The van der Waals surface area contributed by atoms with Gasteiger partial charge in [-0.05, 0) is 19.3 Å². The highest BCUT2D eigenvalue weighted by Gasteiger charge is 2.35. The normalized spacial score (nSPS) is 26.0. The van der Waals surface area contributed by atoms with Crippen molar-refractivity contribution in [1.82, 2.24) is 5.32 Å². The highest BCUT2D eigenvalue weighted by Crippen LogP contribution is 2.19. The fourth-order valence-corrected chi connectivity index (χ4v) is 3.63. The van der Waals surface area contributed by atoms with Gasteiger partial charge in [0.25, 0.3) is 0 Å². The van der Waals surface area contributed by atoms with Crippen molar-refractivity contribution in [1.29, 1.82) is 0 Å². The fraction of sp³-hybridized carbons (Fsp3) is 0.900. The highest BCUT2D eigenvalue weighted by atomic mass is 32.2. The number of rotatable bonds is 4. The molecule has 0 bridgehead atoms. The van der Waals surface area contributed by atoms with E-state index in [0.717, 1.165) is 6.42 Å². The molecule has 1 saturated heterocycles. The molecule has 0 spiro atoms. The van der Waals surface area contributed by atoms with Gasteiger partial charge in [-0.1, -0.05) is 13.3 Å². The van der Waals surface area contributed by atoms with E-state index in [-0.39, 0.29) is 18.4 Å². The van der Waals surface area contributed by atoms with E-state index in [2.05, 4.69) is 5.32 Å². The van der Waals surface area contributed by atoms with E-state index < -0.39 is 21.0 Å². The lowest BCUT2D eigenvalue weighted by molar-refractivity contribution is -0.121. The van der Waals surface area contributed by atoms with Gasteiger partial charge in [-0.3, -0.25) is 4.79 Å². The van der Waals surface area contributed by atoms with Crippen LogP contribution in [-0.2, 0) is 14.6 Å². The number of aliphatic hydroxyl groups excluding tert-OH is 1. The molecule has 5 nitrogen and oxygen atoms in total. The molecule has 16 heavy (non-hydrogen) atoms. The fourth-order valence-electron chi connectivity index (χ4n) is 1.82. The number of hydrogen-bond donors (Lipinski definition) is 2. The number of sulfone groups is 1. The van der Waals surface area contributed by atoms with Gasteiger partial charge in [-0.25, -0.2) is 8.42 Å². The largest absolute Gasteiger partial charge is 0.394 e. The third-order valence-electron chi connectivity index (χ3n) is 2.93. The Balaban J connectivity index is 2.65. The number of carbonyl (C=O) groups is 1. The minimum Gasteiger partial charge on any atom is -0.394 e. The Hall–Kier alpha value is -0.620. The average molecular weight is 249 g/mol. The van der Waals surface area contributed by atoms with E-state index in [9.17, 15) is 13.2 Å². The van der Waals surface area contributed by atoms with E-state index in [0.29, 0.717) is 19.3 Å². The molecule has 2 N–H and O–H groups in total. The summed E-state index contributed by atoms with van der Waals surface area (Å²) in [6, 6.07) is -0.343. The first-order valence-electron chi connectivity index (χ1n) is 5.64. The van der Waals surface area contributed by atoms with Gasteiger partial charge in [-0.15, -0.1) is 0 Å². The van der Waals surface area contributed by atoms with Crippen LogP contribution in [0.4, 0.5) is 0 Å². The first-order valence-corrected chi connectivity index (χ1v) is 7.35. The summed E-state index contributed by atoms with van der Waals surface area (Å²) in [5.74, 6) is -0.360. The summed E-state index contributed by atoms with van der Waals surface area (Å²) in [6.07, 6.45) is 2.40. The van der Waals surface area contributed by atoms with Gasteiger partial charge in [-0.2, -0.15) is 0 Å². The van der Waals surface area contributed by atoms with Crippen molar-refractivity contribution in [3.05, 3.63) is 0 Å². The van der Waals surface area contributed by atoms with Gasteiger partial charge in [0, 0.05) is 0 Å².